The first kappa shape index (κ1) is 14.4. The van der Waals surface area contributed by atoms with Crippen LogP contribution in [0.2, 0.25) is 0 Å². The third-order valence-electron chi connectivity index (χ3n) is 3.20. The maximum Gasteiger partial charge on any atom is 0.263 e. The lowest BCUT2D eigenvalue weighted by atomic mass is 10.1. The third-order valence-corrected chi connectivity index (χ3v) is 3.20. The van der Waals surface area contributed by atoms with Crippen LogP contribution in [0.3, 0.4) is 0 Å². The largest absolute Gasteiger partial charge is 0.374 e. The monoisotopic (exact) mass is 270 g/mol. The average molecular weight is 270 g/mol. The van der Waals surface area contributed by atoms with Crippen LogP contribution in [0.15, 0.2) is 24.3 Å². The Labute approximate surface area is 112 Å². The summed E-state index contributed by atoms with van der Waals surface area (Å²) in [4.78, 5) is 2.15. The second kappa shape index (κ2) is 6.93. The quantitative estimate of drug-likeness (QED) is 0.886. The van der Waals surface area contributed by atoms with Gasteiger partial charge in [0.1, 0.15) is 0 Å². The summed E-state index contributed by atoms with van der Waals surface area (Å²) < 4.78 is 30.5. The van der Waals surface area contributed by atoms with Crippen LogP contribution in [0.1, 0.15) is 17.6 Å². The highest BCUT2D eigenvalue weighted by molar-refractivity contribution is 5.23. The Morgan fingerprint density at radius 3 is 2.68 bits per heavy atom. The summed E-state index contributed by atoms with van der Waals surface area (Å²) in [5.74, 6) is 0. The number of benzene rings is 1. The molecule has 0 spiro atoms. The fourth-order valence-electron chi connectivity index (χ4n) is 2.23. The molecule has 3 nitrogen and oxygen atoms in total. The number of rotatable bonds is 5. The van der Waals surface area contributed by atoms with Crippen LogP contribution in [-0.2, 0) is 11.3 Å². The average Bonchev–Trinajstić information content (AvgIpc) is 2.40. The van der Waals surface area contributed by atoms with Gasteiger partial charge in [0.2, 0.25) is 0 Å². The van der Waals surface area contributed by atoms with E-state index in [1.807, 2.05) is 7.05 Å². The molecule has 0 aliphatic carbocycles. The van der Waals surface area contributed by atoms with E-state index in [0.29, 0.717) is 0 Å². The van der Waals surface area contributed by atoms with E-state index in [2.05, 4.69) is 10.2 Å². The van der Waals surface area contributed by atoms with Crippen molar-refractivity contribution < 1.29 is 13.5 Å². The van der Waals surface area contributed by atoms with Crippen molar-refractivity contribution in [2.45, 2.75) is 19.1 Å². The van der Waals surface area contributed by atoms with Gasteiger partial charge in [-0.1, -0.05) is 24.3 Å². The Bertz CT molecular complexity index is 378. The first-order chi connectivity index (χ1) is 9.15. The molecule has 1 fully saturated rings. The smallest absolute Gasteiger partial charge is 0.263 e. The van der Waals surface area contributed by atoms with Crippen LogP contribution in [0, 0.1) is 0 Å². The number of alkyl halides is 2. The van der Waals surface area contributed by atoms with E-state index < -0.39 is 6.43 Å². The molecule has 0 amide bonds. The van der Waals surface area contributed by atoms with Crippen molar-refractivity contribution in [1.82, 2.24) is 10.2 Å². The van der Waals surface area contributed by atoms with Crippen LogP contribution in [-0.4, -0.2) is 44.3 Å². The summed E-state index contributed by atoms with van der Waals surface area (Å²) in [6.45, 7) is 4.11. The molecule has 1 aliphatic heterocycles. The fourth-order valence-corrected chi connectivity index (χ4v) is 2.23. The van der Waals surface area contributed by atoms with Gasteiger partial charge < -0.3 is 10.1 Å². The van der Waals surface area contributed by atoms with Crippen molar-refractivity contribution in [3.63, 3.8) is 0 Å². The number of likely N-dealkylation sites (N-methyl/N-ethyl adjacent to an activating group) is 1. The van der Waals surface area contributed by atoms with Gasteiger partial charge in [-0.2, -0.15) is 0 Å². The Balaban J connectivity index is 1.82. The van der Waals surface area contributed by atoms with Crippen molar-refractivity contribution >= 4 is 0 Å². The van der Waals surface area contributed by atoms with E-state index in [1.165, 1.54) is 12.1 Å². The molecule has 1 atom stereocenters. The lowest BCUT2D eigenvalue weighted by Crippen LogP contribution is -2.44. The van der Waals surface area contributed by atoms with Gasteiger partial charge in [-0.25, -0.2) is 8.78 Å². The normalized spacial score (nSPS) is 20.2. The number of ether oxygens (including phenoxy) is 1. The number of nitrogens with one attached hydrogen (secondary N) is 1. The minimum atomic E-state index is -2.39. The van der Waals surface area contributed by atoms with Gasteiger partial charge in [-0.15, -0.1) is 0 Å². The van der Waals surface area contributed by atoms with E-state index in [9.17, 15) is 8.78 Å². The van der Waals surface area contributed by atoms with Gasteiger partial charge in [0.05, 0.1) is 12.7 Å². The second-order valence-corrected chi connectivity index (χ2v) is 4.94. The molecule has 1 saturated heterocycles. The topological polar surface area (TPSA) is 24.5 Å². The first-order valence-corrected chi connectivity index (χ1v) is 6.53. The molecule has 1 unspecified atom stereocenters. The van der Waals surface area contributed by atoms with Gasteiger partial charge in [0.25, 0.3) is 6.43 Å². The van der Waals surface area contributed by atoms with Gasteiger partial charge >= 0.3 is 0 Å². The van der Waals surface area contributed by atoms with Crippen LogP contribution < -0.4 is 5.32 Å². The van der Waals surface area contributed by atoms with Crippen molar-refractivity contribution in [3.8, 4) is 0 Å². The number of morpholine rings is 1. The van der Waals surface area contributed by atoms with Crippen molar-refractivity contribution in [1.29, 1.82) is 0 Å². The lowest BCUT2D eigenvalue weighted by Gasteiger charge is -2.28. The predicted octanol–water partition coefficient (Wildman–Crippen LogP) is 2.04. The maximum absolute atomic E-state index is 12.4. The lowest BCUT2D eigenvalue weighted by molar-refractivity contribution is 0.00885. The third kappa shape index (κ3) is 4.53. The summed E-state index contributed by atoms with van der Waals surface area (Å²) in [6, 6.07) is 6.51. The van der Waals surface area contributed by atoms with E-state index in [0.717, 1.165) is 38.3 Å². The highest BCUT2D eigenvalue weighted by Crippen LogP contribution is 2.19. The minimum absolute atomic E-state index is 0.0752. The fraction of sp³-hybridized carbons (Fsp3) is 0.571. The Hall–Kier alpha value is -1.04. The standard InChI is InChI=1S/C14H20F2N2O/c1-18(10-13-8-17-6-7-19-13)9-11-2-4-12(5-3-11)14(15)16/h2-5,13-14,17H,6-10H2,1H3. The SMILES string of the molecule is CN(Cc1ccc(C(F)F)cc1)CC1CNCCO1. The van der Waals surface area contributed by atoms with Crippen LogP contribution in [0.4, 0.5) is 8.78 Å². The summed E-state index contributed by atoms with van der Waals surface area (Å²) in [7, 11) is 2.01. The van der Waals surface area contributed by atoms with Gasteiger partial charge in [0, 0.05) is 31.7 Å². The van der Waals surface area contributed by atoms with Crippen molar-refractivity contribution in [3.05, 3.63) is 35.4 Å². The molecule has 2 rings (SSSR count). The van der Waals surface area contributed by atoms with Crippen molar-refractivity contribution in [2.24, 2.45) is 0 Å². The molecular weight excluding hydrogens is 250 g/mol. The maximum atomic E-state index is 12.4. The van der Waals surface area contributed by atoms with Gasteiger partial charge in [-0.3, -0.25) is 4.90 Å². The zero-order chi connectivity index (χ0) is 13.7. The molecule has 1 aromatic rings. The Kier molecular flexibility index (Phi) is 5.24. The van der Waals surface area contributed by atoms with E-state index in [4.69, 9.17) is 4.74 Å². The predicted molar refractivity (Wildman–Crippen MR) is 70.3 cm³/mol. The van der Waals surface area contributed by atoms with Crippen molar-refractivity contribution in [2.75, 3.05) is 33.3 Å². The molecule has 106 valence electrons. The molecule has 1 heterocycles. The highest BCUT2D eigenvalue weighted by Gasteiger charge is 2.15. The number of halogens is 2. The molecule has 0 radical (unpaired) electrons. The van der Waals surface area contributed by atoms with Crippen LogP contribution in [0.25, 0.3) is 0 Å². The van der Waals surface area contributed by atoms with Gasteiger partial charge in [0.15, 0.2) is 0 Å². The molecule has 0 aromatic heterocycles. The van der Waals surface area contributed by atoms with E-state index in [1.54, 1.807) is 12.1 Å². The van der Waals surface area contributed by atoms with Gasteiger partial charge in [-0.05, 0) is 12.6 Å². The molecule has 5 heteroatoms. The number of hydrogen-bond donors (Lipinski definition) is 1. The zero-order valence-electron chi connectivity index (χ0n) is 11.1. The summed E-state index contributed by atoms with van der Waals surface area (Å²) >= 11 is 0. The minimum Gasteiger partial charge on any atom is -0.374 e. The second-order valence-electron chi connectivity index (χ2n) is 4.94. The molecule has 1 aliphatic rings. The first-order valence-electron chi connectivity index (χ1n) is 6.53. The molecule has 0 saturated carbocycles. The Morgan fingerprint density at radius 1 is 1.37 bits per heavy atom. The summed E-state index contributed by atoms with van der Waals surface area (Å²) in [5, 5.41) is 3.29. The van der Waals surface area contributed by atoms with E-state index in [-0.39, 0.29) is 11.7 Å². The van der Waals surface area contributed by atoms with E-state index >= 15 is 0 Å². The molecule has 0 bridgehead atoms. The molecule has 1 aromatic carbocycles. The Morgan fingerprint density at radius 2 is 2.11 bits per heavy atom. The highest BCUT2D eigenvalue weighted by atomic mass is 19.3. The summed E-state index contributed by atoms with van der Waals surface area (Å²) in [6.07, 6.45) is -2.19. The molecule has 1 N–H and O–H groups in total. The van der Waals surface area contributed by atoms with Crippen LogP contribution in [0.5, 0.6) is 0 Å². The van der Waals surface area contributed by atoms with Crippen LogP contribution >= 0.6 is 0 Å². The zero-order valence-corrected chi connectivity index (χ0v) is 11.1. The molecular formula is C14H20F2N2O. The molecule has 19 heavy (non-hydrogen) atoms. The number of nitrogens with zero attached hydrogens (tertiary/aromatic N) is 1. The summed E-state index contributed by atoms with van der Waals surface area (Å²) in [5.41, 5.74) is 1.11. The number of hydrogen-bond acceptors (Lipinski definition) is 3.